The molecule has 1 aromatic carbocycles. The number of nitrogens with zero attached hydrogens (tertiary/aromatic N) is 1. The van der Waals surface area contributed by atoms with Crippen LogP contribution in [0.5, 0.6) is 0 Å². The van der Waals surface area contributed by atoms with Crippen molar-refractivity contribution < 1.29 is 0 Å². The number of aromatic amines is 1. The average Bonchev–Trinajstić information content (AvgIpc) is 2.71. The molecular formula is C14H19BrN2S. The summed E-state index contributed by atoms with van der Waals surface area (Å²) >= 11 is 5.32. The van der Waals surface area contributed by atoms with Gasteiger partial charge in [-0.3, -0.25) is 0 Å². The summed E-state index contributed by atoms with van der Waals surface area (Å²) in [5, 5.41) is 2.14. The van der Waals surface area contributed by atoms with Crippen LogP contribution in [-0.2, 0) is 0 Å². The van der Waals surface area contributed by atoms with E-state index in [2.05, 4.69) is 57.9 Å². The topological polar surface area (TPSA) is 28.7 Å². The predicted octanol–water partition coefficient (Wildman–Crippen LogP) is 4.77. The maximum atomic E-state index is 4.59. The van der Waals surface area contributed by atoms with Crippen molar-refractivity contribution in [3.63, 3.8) is 0 Å². The molecule has 0 spiro atoms. The Morgan fingerprint density at radius 3 is 3.00 bits per heavy atom. The lowest BCUT2D eigenvalue weighted by molar-refractivity contribution is 0.555. The summed E-state index contributed by atoms with van der Waals surface area (Å²) in [7, 11) is 0. The molecule has 0 aliphatic rings. The van der Waals surface area contributed by atoms with Crippen LogP contribution in [-0.4, -0.2) is 21.1 Å². The lowest BCUT2D eigenvalue weighted by Gasteiger charge is -2.07. The molecule has 1 aromatic heterocycles. The average molecular weight is 327 g/mol. The van der Waals surface area contributed by atoms with Crippen LogP contribution in [0.25, 0.3) is 11.0 Å². The van der Waals surface area contributed by atoms with Gasteiger partial charge in [-0.25, -0.2) is 4.98 Å². The molecule has 4 heteroatoms. The van der Waals surface area contributed by atoms with Gasteiger partial charge in [0, 0.05) is 11.1 Å². The molecule has 1 atom stereocenters. The summed E-state index contributed by atoms with van der Waals surface area (Å²) < 4.78 is 0. The fourth-order valence-corrected chi connectivity index (χ4v) is 3.70. The zero-order chi connectivity index (χ0) is 13.0. The van der Waals surface area contributed by atoms with Crippen LogP contribution in [0.2, 0.25) is 0 Å². The fourth-order valence-electron chi connectivity index (χ4n) is 1.86. The predicted molar refractivity (Wildman–Crippen MR) is 83.7 cm³/mol. The van der Waals surface area contributed by atoms with Crippen molar-refractivity contribution >= 4 is 38.7 Å². The smallest absolute Gasteiger partial charge is 0.166 e. The highest BCUT2D eigenvalue weighted by molar-refractivity contribution is 9.09. The SMILES string of the molecule is Cc1ccc2nc(SCCC(C)CCBr)[nH]c2c1. The number of aromatic nitrogens is 2. The Labute approximate surface area is 121 Å². The van der Waals surface area contributed by atoms with Gasteiger partial charge in [0.2, 0.25) is 0 Å². The molecule has 1 N–H and O–H groups in total. The van der Waals surface area contributed by atoms with Gasteiger partial charge in [0.15, 0.2) is 5.16 Å². The Morgan fingerprint density at radius 2 is 2.22 bits per heavy atom. The van der Waals surface area contributed by atoms with E-state index in [1.165, 1.54) is 18.4 Å². The lowest BCUT2D eigenvalue weighted by atomic mass is 10.1. The zero-order valence-corrected chi connectivity index (χ0v) is 13.3. The van der Waals surface area contributed by atoms with E-state index in [1.807, 2.05) is 11.8 Å². The highest BCUT2D eigenvalue weighted by Gasteiger charge is 2.05. The summed E-state index contributed by atoms with van der Waals surface area (Å²) in [4.78, 5) is 7.98. The van der Waals surface area contributed by atoms with E-state index >= 15 is 0 Å². The Bertz CT molecular complexity index is 509. The second kappa shape index (κ2) is 6.62. The minimum Gasteiger partial charge on any atom is -0.333 e. The van der Waals surface area contributed by atoms with Gasteiger partial charge in [-0.2, -0.15) is 0 Å². The Balaban J connectivity index is 1.92. The minimum atomic E-state index is 0.781. The number of hydrogen-bond donors (Lipinski definition) is 1. The monoisotopic (exact) mass is 326 g/mol. The molecule has 2 aromatic rings. The van der Waals surface area contributed by atoms with Gasteiger partial charge >= 0.3 is 0 Å². The van der Waals surface area contributed by atoms with Gasteiger partial charge in [-0.15, -0.1) is 0 Å². The molecule has 98 valence electrons. The number of alkyl halides is 1. The molecule has 0 aliphatic carbocycles. The fraction of sp³-hybridized carbons (Fsp3) is 0.500. The van der Waals surface area contributed by atoms with E-state index in [1.54, 1.807) is 0 Å². The molecule has 0 fully saturated rings. The summed E-state index contributed by atoms with van der Waals surface area (Å²) in [6.45, 7) is 4.42. The van der Waals surface area contributed by atoms with Crippen LogP contribution in [0.3, 0.4) is 0 Å². The van der Waals surface area contributed by atoms with E-state index < -0.39 is 0 Å². The highest BCUT2D eigenvalue weighted by Crippen LogP contribution is 2.22. The van der Waals surface area contributed by atoms with Crippen LogP contribution < -0.4 is 0 Å². The Hall–Kier alpha value is -0.480. The number of nitrogens with one attached hydrogen (secondary N) is 1. The number of hydrogen-bond acceptors (Lipinski definition) is 2. The molecule has 0 amide bonds. The number of imidazole rings is 1. The van der Waals surface area contributed by atoms with Crippen molar-refractivity contribution in [3.8, 4) is 0 Å². The van der Waals surface area contributed by atoms with E-state index in [0.717, 1.165) is 33.2 Å². The largest absolute Gasteiger partial charge is 0.333 e. The van der Waals surface area contributed by atoms with Gasteiger partial charge in [0.1, 0.15) is 0 Å². The minimum absolute atomic E-state index is 0.781. The third-order valence-electron chi connectivity index (χ3n) is 3.07. The van der Waals surface area contributed by atoms with Gasteiger partial charge in [0.25, 0.3) is 0 Å². The quantitative estimate of drug-likeness (QED) is 0.611. The number of halogens is 1. The van der Waals surface area contributed by atoms with Crippen LogP contribution in [0.4, 0.5) is 0 Å². The summed E-state index contributed by atoms with van der Waals surface area (Å²) in [6.07, 6.45) is 2.49. The van der Waals surface area contributed by atoms with Gasteiger partial charge < -0.3 is 4.98 Å². The third kappa shape index (κ3) is 3.75. The van der Waals surface area contributed by atoms with Gasteiger partial charge in [0.05, 0.1) is 11.0 Å². The van der Waals surface area contributed by atoms with Crippen molar-refractivity contribution in [2.75, 3.05) is 11.1 Å². The zero-order valence-electron chi connectivity index (χ0n) is 10.9. The molecule has 0 aliphatic heterocycles. The number of rotatable bonds is 6. The Morgan fingerprint density at radius 1 is 1.39 bits per heavy atom. The van der Waals surface area contributed by atoms with Crippen molar-refractivity contribution in [2.45, 2.75) is 31.8 Å². The first-order chi connectivity index (χ1) is 8.69. The molecule has 18 heavy (non-hydrogen) atoms. The van der Waals surface area contributed by atoms with Crippen LogP contribution in [0.1, 0.15) is 25.3 Å². The van der Waals surface area contributed by atoms with E-state index in [0.29, 0.717) is 0 Å². The van der Waals surface area contributed by atoms with E-state index in [9.17, 15) is 0 Å². The number of fused-ring (bicyclic) bond motifs is 1. The molecule has 2 nitrogen and oxygen atoms in total. The van der Waals surface area contributed by atoms with Crippen LogP contribution in [0.15, 0.2) is 23.4 Å². The number of H-pyrrole nitrogens is 1. The standard InChI is InChI=1S/C14H19BrN2S/c1-10(5-7-15)6-8-18-14-16-12-4-3-11(2)9-13(12)17-14/h3-4,9-10H,5-8H2,1-2H3,(H,16,17). The lowest BCUT2D eigenvalue weighted by Crippen LogP contribution is -1.97. The Kier molecular flexibility index (Phi) is 5.13. The first-order valence-corrected chi connectivity index (χ1v) is 8.45. The summed E-state index contributed by atoms with van der Waals surface area (Å²) in [5.74, 6) is 1.91. The summed E-state index contributed by atoms with van der Waals surface area (Å²) in [5.41, 5.74) is 3.48. The van der Waals surface area contributed by atoms with Crippen molar-refractivity contribution in [3.05, 3.63) is 23.8 Å². The normalized spacial score (nSPS) is 13.1. The third-order valence-corrected chi connectivity index (χ3v) is 4.43. The number of benzene rings is 1. The van der Waals surface area contributed by atoms with Crippen molar-refractivity contribution in [1.29, 1.82) is 0 Å². The van der Waals surface area contributed by atoms with Crippen LogP contribution >= 0.6 is 27.7 Å². The number of aryl methyl sites for hydroxylation is 1. The highest BCUT2D eigenvalue weighted by atomic mass is 79.9. The maximum Gasteiger partial charge on any atom is 0.166 e. The van der Waals surface area contributed by atoms with Crippen LogP contribution in [0, 0.1) is 12.8 Å². The van der Waals surface area contributed by atoms with E-state index in [4.69, 9.17) is 0 Å². The molecule has 0 bridgehead atoms. The second-order valence-corrected chi connectivity index (χ2v) is 6.66. The van der Waals surface area contributed by atoms with Crippen molar-refractivity contribution in [1.82, 2.24) is 9.97 Å². The molecule has 0 saturated carbocycles. The first kappa shape index (κ1) is 13.9. The van der Waals surface area contributed by atoms with Gasteiger partial charge in [-0.05, 0) is 43.4 Å². The summed E-state index contributed by atoms with van der Waals surface area (Å²) in [6, 6.07) is 6.34. The molecule has 1 heterocycles. The molecule has 2 rings (SSSR count). The molecule has 1 unspecified atom stereocenters. The van der Waals surface area contributed by atoms with Gasteiger partial charge in [-0.1, -0.05) is 40.7 Å². The molecule has 0 radical (unpaired) electrons. The second-order valence-electron chi connectivity index (χ2n) is 4.78. The number of thioether (sulfide) groups is 1. The molecule has 0 saturated heterocycles. The maximum absolute atomic E-state index is 4.59. The van der Waals surface area contributed by atoms with E-state index in [-0.39, 0.29) is 0 Å². The molecular weight excluding hydrogens is 308 g/mol. The first-order valence-electron chi connectivity index (χ1n) is 6.34. The van der Waals surface area contributed by atoms with Crippen molar-refractivity contribution in [2.24, 2.45) is 5.92 Å².